The van der Waals surface area contributed by atoms with Gasteiger partial charge in [0.05, 0.1) is 11.9 Å². The van der Waals surface area contributed by atoms with E-state index in [2.05, 4.69) is 21.7 Å². The molecule has 0 bridgehead atoms. The normalized spacial score (nSPS) is 13.9. The molecule has 3 rings (SSSR count). The molecule has 0 aliphatic carbocycles. The van der Waals surface area contributed by atoms with Crippen LogP contribution in [0.15, 0.2) is 29.8 Å². The maximum atomic E-state index is 12.4. The number of pyridine rings is 1. The summed E-state index contributed by atoms with van der Waals surface area (Å²) in [5.41, 5.74) is 2.74. The van der Waals surface area contributed by atoms with Crippen LogP contribution in [-0.2, 0) is 13.0 Å². The van der Waals surface area contributed by atoms with E-state index in [0.29, 0.717) is 12.2 Å². The second-order valence-electron chi connectivity index (χ2n) is 4.81. The zero-order valence-corrected chi connectivity index (χ0v) is 12.2. The molecule has 0 unspecified atom stereocenters. The Bertz CT molecular complexity index is 606. The van der Waals surface area contributed by atoms with E-state index in [1.54, 1.807) is 23.6 Å². The monoisotopic (exact) mass is 287 g/mol. The van der Waals surface area contributed by atoms with Crippen molar-refractivity contribution >= 4 is 22.9 Å². The summed E-state index contributed by atoms with van der Waals surface area (Å²) in [6, 6.07) is 5.81. The number of carbonyl (C=O) groups is 1. The second-order valence-corrected chi connectivity index (χ2v) is 5.81. The molecule has 4 nitrogen and oxygen atoms in total. The SMILES string of the molecule is CCNc1ccc(C(=O)N2CCc3sccc3C2)nc1. The van der Waals surface area contributed by atoms with Crippen molar-refractivity contribution in [1.82, 2.24) is 9.88 Å². The van der Waals surface area contributed by atoms with Crippen LogP contribution in [0.25, 0.3) is 0 Å². The molecule has 2 aromatic heterocycles. The highest BCUT2D eigenvalue weighted by Gasteiger charge is 2.23. The number of rotatable bonds is 3. The molecular formula is C15H17N3OS. The highest BCUT2D eigenvalue weighted by atomic mass is 32.1. The van der Waals surface area contributed by atoms with E-state index in [9.17, 15) is 4.79 Å². The van der Waals surface area contributed by atoms with Gasteiger partial charge in [-0.3, -0.25) is 4.79 Å². The number of thiophene rings is 1. The van der Waals surface area contributed by atoms with Gasteiger partial charge in [-0.1, -0.05) is 0 Å². The minimum atomic E-state index is 0.0184. The van der Waals surface area contributed by atoms with Gasteiger partial charge in [-0.15, -0.1) is 11.3 Å². The number of hydrogen-bond donors (Lipinski definition) is 1. The highest BCUT2D eigenvalue weighted by molar-refractivity contribution is 7.10. The lowest BCUT2D eigenvalue weighted by Gasteiger charge is -2.26. The van der Waals surface area contributed by atoms with Gasteiger partial charge in [-0.25, -0.2) is 4.98 Å². The quantitative estimate of drug-likeness (QED) is 0.944. The zero-order chi connectivity index (χ0) is 13.9. The molecule has 1 aliphatic rings. The average Bonchev–Trinajstić information content (AvgIpc) is 2.95. The third kappa shape index (κ3) is 2.54. The molecule has 1 aliphatic heterocycles. The van der Waals surface area contributed by atoms with Gasteiger partial charge in [0.1, 0.15) is 5.69 Å². The van der Waals surface area contributed by atoms with E-state index in [-0.39, 0.29) is 5.91 Å². The Labute approximate surface area is 122 Å². The fourth-order valence-corrected chi connectivity index (χ4v) is 3.30. The lowest BCUT2D eigenvalue weighted by Crippen LogP contribution is -2.35. The average molecular weight is 287 g/mol. The van der Waals surface area contributed by atoms with Crippen molar-refractivity contribution in [2.45, 2.75) is 19.9 Å². The van der Waals surface area contributed by atoms with Crippen LogP contribution in [0.1, 0.15) is 27.9 Å². The smallest absolute Gasteiger partial charge is 0.272 e. The summed E-state index contributed by atoms with van der Waals surface area (Å²) >= 11 is 1.78. The molecule has 0 saturated carbocycles. The summed E-state index contributed by atoms with van der Waals surface area (Å²) in [4.78, 5) is 20.0. The van der Waals surface area contributed by atoms with Gasteiger partial charge in [0, 0.05) is 24.5 Å². The first-order valence-electron chi connectivity index (χ1n) is 6.82. The Morgan fingerprint density at radius 3 is 3.10 bits per heavy atom. The highest BCUT2D eigenvalue weighted by Crippen LogP contribution is 2.24. The van der Waals surface area contributed by atoms with Crippen molar-refractivity contribution in [1.29, 1.82) is 0 Å². The minimum Gasteiger partial charge on any atom is -0.384 e. The van der Waals surface area contributed by atoms with Crippen molar-refractivity contribution in [3.63, 3.8) is 0 Å². The summed E-state index contributed by atoms with van der Waals surface area (Å²) in [5, 5.41) is 5.28. The van der Waals surface area contributed by atoms with Crippen LogP contribution in [0.3, 0.4) is 0 Å². The summed E-state index contributed by atoms with van der Waals surface area (Å²) in [6.07, 6.45) is 2.67. The first kappa shape index (κ1) is 13.1. The van der Waals surface area contributed by atoms with Gasteiger partial charge in [0.15, 0.2) is 0 Å². The Balaban J connectivity index is 1.73. The van der Waals surface area contributed by atoms with Crippen LogP contribution < -0.4 is 5.32 Å². The van der Waals surface area contributed by atoms with Gasteiger partial charge in [0.2, 0.25) is 0 Å². The maximum absolute atomic E-state index is 12.4. The molecule has 3 heterocycles. The summed E-state index contributed by atoms with van der Waals surface area (Å²) in [6.45, 7) is 4.37. The Morgan fingerprint density at radius 2 is 2.35 bits per heavy atom. The predicted octanol–water partition coefficient (Wildman–Crippen LogP) is 2.77. The molecular weight excluding hydrogens is 270 g/mol. The number of fused-ring (bicyclic) bond motifs is 1. The Kier molecular flexibility index (Phi) is 3.69. The van der Waals surface area contributed by atoms with Gasteiger partial charge >= 0.3 is 0 Å². The van der Waals surface area contributed by atoms with Crippen LogP contribution in [0, 0.1) is 0 Å². The van der Waals surface area contributed by atoms with Gasteiger partial charge < -0.3 is 10.2 Å². The minimum absolute atomic E-state index is 0.0184. The zero-order valence-electron chi connectivity index (χ0n) is 11.4. The van der Waals surface area contributed by atoms with Crippen molar-refractivity contribution < 1.29 is 4.79 Å². The van der Waals surface area contributed by atoms with Crippen molar-refractivity contribution in [3.8, 4) is 0 Å². The lowest BCUT2D eigenvalue weighted by atomic mass is 10.1. The number of hydrogen-bond acceptors (Lipinski definition) is 4. The fraction of sp³-hybridized carbons (Fsp3) is 0.333. The Hall–Kier alpha value is -1.88. The molecule has 104 valence electrons. The number of anilines is 1. The largest absolute Gasteiger partial charge is 0.384 e. The van der Waals surface area contributed by atoms with E-state index in [1.165, 1.54) is 10.4 Å². The molecule has 0 spiro atoms. The molecule has 0 radical (unpaired) electrons. The van der Waals surface area contributed by atoms with Gasteiger partial charge in [-0.05, 0) is 42.5 Å². The van der Waals surface area contributed by atoms with E-state index < -0.39 is 0 Å². The van der Waals surface area contributed by atoms with Crippen LogP contribution in [0.4, 0.5) is 5.69 Å². The number of nitrogens with zero attached hydrogens (tertiary/aromatic N) is 2. The van der Waals surface area contributed by atoms with E-state index >= 15 is 0 Å². The molecule has 1 amide bonds. The van der Waals surface area contributed by atoms with Crippen LogP contribution in [0.5, 0.6) is 0 Å². The molecule has 0 atom stereocenters. The molecule has 0 saturated heterocycles. The molecule has 1 N–H and O–H groups in total. The van der Waals surface area contributed by atoms with E-state index in [1.807, 2.05) is 17.9 Å². The third-order valence-corrected chi connectivity index (χ3v) is 4.48. The number of aromatic nitrogens is 1. The second kappa shape index (κ2) is 5.63. The van der Waals surface area contributed by atoms with Crippen LogP contribution in [0.2, 0.25) is 0 Å². The lowest BCUT2D eigenvalue weighted by molar-refractivity contribution is 0.0730. The molecule has 0 fully saturated rings. The number of nitrogens with one attached hydrogen (secondary N) is 1. The summed E-state index contributed by atoms with van der Waals surface area (Å²) < 4.78 is 0. The molecule has 5 heteroatoms. The van der Waals surface area contributed by atoms with Crippen LogP contribution >= 0.6 is 11.3 Å². The summed E-state index contributed by atoms with van der Waals surface area (Å²) in [7, 11) is 0. The van der Waals surface area contributed by atoms with Crippen molar-refractivity contribution in [2.24, 2.45) is 0 Å². The van der Waals surface area contributed by atoms with Gasteiger partial charge in [-0.2, -0.15) is 0 Å². The van der Waals surface area contributed by atoms with E-state index in [4.69, 9.17) is 0 Å². The third-order valence-electron chi connectivity index (χ3n) is 3.46. The fourth-order valence-electron chi connectivity index (χ4n) is 2.41. The van der Waals surface area contributed by atoms with Crippen molar-refractivity contribution in [2.75, 3.05) is 18.4 Å². The first-order chi connectivity index (χ1) is 9.78. The molecule has 0 aromatic carbocycles. The van der Waals surface area contributed by atoms with Crippen molar-refractivity contribution in [3.05, 3.63) is 45.9 Å². The first-order valence-corrected chi connectivity index (χ1v) is 7.70. The topological polar surface area (TPSA) is 45.2 Å². The summed E-state index contributed by atoms with van der Waals surface area (Å²) in [5.74, 6) is 0.0184. The molecule has 20 heavy (non-hydrogen) atoms. The molecule has 2 aromatic rings. The standard InChI is InChI=1S/C15H17N3OS/c1-2-16-12-3-4-13(17-9-12)15(19)18-7-5-14-11(10-18)6-8-20-14/h3-4,6,8-9,16H,2,5,7,10H2,1H3. The van der Waals surface area contributed by atoms with Crippen LogP contribution in [-0.4, -0.2) is 28.9 Å². The maximum Gasteiger partial charge on any atom is 0.272 e. The predicted molar refractivity (Wildman–Crippen MR) is 81.2 cm³/mol. The Morgan fingerprint density at radius 1 is 1.45 bits per heavy atom. The van der Waals surface area contributed by atoms with Gasteiger partial charge in [0.25, 0.3) is 5.91 Å². The number of amides is 1. The number of carbonyl (C=O) groups excluding carboxylic acids is 1. The van der Waals surface area contributed by atoms with E-state index in [0.717, 1.165) is 25.2 Å².